The smallest absolute Gasteiger partial charge is 0.337 e. The molecule has 1 aromatic heterocycles. The fourth-order valence-corrected chi connectivity index (χ4v) is 1.23. The third-order valence-corrected chi connectivity index (χ3v) is 2.18. The van der Waals surface area contributed by atoms with Crippen LogP contribution < -0.4 is 5.56 Å². The first kappa shape index (κ1) is 11.5. The second-order valence-electron chi connectivity index (χ2n) is 3.94. The van der Waals surface area contributed by atoms with Crippen molar-refractivity contribution in [2.24, 2.45) is 5.92 Å². The molecule has 0 saturated heterocycles. The Hall–Kier alpha value is -1.58. The van der Waals surface area contributed by atoms with Gasteiger partial charge in [-0.1, -0.05) is 13.8 Å². The van der Waals surface area contributed by atoms with Gasteiger partial charge in [0, 0.05) is 18.8 Å². The molecule has 0 amide bonds. The van der Waals surface area contributed by atoms with Crippen LogP contribution in [0.2, 0.25) is 0 Å². The van der Waals surface area contributed by atoms with Gasteiger partial charge in [-0.3, -0.25) is 4.79 Å². The van der Waals surface area contributed by atoms with E-state index < -0.39 is 5.97 Å². The van der Waals surface area contributed by atoms with Gasteiger partial charge in [0.25, 0.3) is 5.56 Å². The van der Waals surface area contributed by atoms with Crippen LogP contribution in [-0.4, -0.2) is 15.6 Å². The maximum atomic E-state index is 11.4. The molecule has 0 fully saturated rings. The average molecular weight is 209 g/mol. The van der Waals surface area contributed by atoms with Crippen molar-refractivity contribution >= 4 is 5.97 Å². The minimum absolute atomic E-state index is 0.151. The Morgan fingerprint density at radius 2 is 2.13 bits per heavy atom. The predicted molar refractivity (Wildman–Crippen MR) is 57.1 cm³/mol. The molecule has 1 heterocycles. The molecule has 0 unspecified atom stereocenters. The standard InChI is InChI=1S/C11H15NO3/c1-8(2)5-6-12-7-9(11(14)15)3-4-10(12)13/h3-4,7-8H,5-6H2,1-2H3,(H,14,15). The highest BCUT2D eigenvalue weighted by Gasteiger charge is 2.05. The SMILES string of the molecule is CC(C)CCn1cc(C(=O)O)ccc1=O. The number of aryl methyl sites for hydroxylation is 1. The van der Waals surface area contributed by atoms with Gasteiger partial charge in [-0.2, -0.15) is 0 Å². The molecule has 0 aliphatic rings. The summed E-state index contributed by atoms with van der Waals surface area (Å²) < 4.78 is 1.45. The van der Waals surface area contributed by atoms with Crippen molar-refractivity contribution in [2.45, 2.75) is 26.8 Å². The molecule has 1 aromatic rings. The zero-order valence-corrected chi connectivity index (χ0v) is 8.93. The number of pyridine rings is 1. The molecule has 0 aliphatic heterocycles. The number of nitrogens with zero attached hydrogens (tertiary/aromatic N) is 1. The lowest BCUT2D eigenvalue weighted by molar-refractivity contribution is 0.0696. The Balaban J connectivity index is 2.91. The van der Waals surface area contributed by atoms with Gasteiger partial charge >= 0.3 is 5.97 Å². The second kappa shape index (κ2) is 4.77. The number of carboxylic acids is 1. The third-order valence-electron chi connectivity index (χ3n) is 2.18. The van der Waals surface area contributed by atoms with Gasteiger partial charge in [0.2, 0.25) is 0 Å². The van der Waals surface area contributed by atoms with E-state index in [1.165, 1.54) is 22.9 Å². The summed E-state index contributed by atoms with van der Waals surface area (Å²) in [5.74, 6) is -0.515. The van der Waals surface area contributed by atoms with Crippen LogP contribution in [0.5, 0.6) is 0 Å². The molecular formula is C11H15NO3. The average Bonchev–Trinajstić information content (AvgIpc) is 2.16. The van der Waals surface area contributed by atoms with Crippen molar-refractivity contribution in [3.8, 4) is 0 Å². The van der Waals surface area contributed by atoms with Gasteiger partial charge in [0.05, 0.1) is 5.56 Å². The molecule has 0 bridgehead atoms. The Morgan fingerprint density at radius 1 is 1.47 bits per heavy atom. The number of carbonyl (C=O) groups is 1. The number of rotatable bonds is 4. The van der Waals surface area contributed by atoms with Gasteiger partial charge in [-0.15, -0.1) is 0 Å². The van der Waals surface area contributed by atoms with Gasteiger partial charge in [0.15, 0.2) is 0 Å². The van der Waals surface area contributed by atoms with E-state index in [1.807, 2.05) is 0 Å². The number of aromatic nitrogens is 1. The molecule has 0 aromatic carbocycles. The molecule has 0 spiro atoms. The molecule has 0 atom stereocenters. The van der Waals surface area contributed by atoms with Crippen LogP contribution in [0, 0.1) is 5.92 Å². The van der Waals surface area contributed by atoms with Crippen LogP contribution in [0.4, 0.5) is 0 Å². The van der Waals surface area contributed by atoms with E-state index in [-0.39, 0.29) is 11.1 Å². The van der Waals surface area contributed by atoms with E-state index in [9.17, 15) is 9.59 Å². The minimum atomic E-state index is -1.01. The zero-order valence-electron chi connectivity index (χ0n) is 8.93. The zero-order chi connectivity index (χ0) is 11.4. The van der Waals surface area contributed by atoms with E-state index >= 15 is 0 Å². The molecule has 0 aliphatic carbocycles. The lowest BCUT2D eigenvalue weighted by atomic mass is 10.1. The maximum Gasteiger partial charge on any atom is 0.337 e. The van der Waals surface area contributed by atoms with Crippen molar-refractivity contribution in [1.29, 1.82) is 0 Å². The molecule has 1 N–H and O–H groups in total. The van der Waals surface area contributed by atoms with Crippen molar-refractivity contribution in [3.05, 3.63) is 34.2 Å². The largest absolute Gasteiger partial charge is 0.478 e. The third kappa shape index (κ3) is 3.23. The van der Waals surface area contributed by atoms with Crippen molar-refractivity contribution < 1.29 is 9.90 Å². The number of aromatic carboxylic acids is 1. The molecule has 0 saturated carbocycles. The van der Waals surface area contributed by atoms with Crippen LogP contribution >= 0.6 is 0 Å². The molecular weight excluding hydrogens is 194 g/mol. The van der Waals surface area contributed by atoms with Crippen molar-refractivity contribution in [1.82, 2.24) is 4.57 Å². The van der Waals surface area contributed by atoms with E-state index in [2.05, 4.69) is 13.8 Å². The summed E-state index contributed by atoms with van der Waals surface area (Å²) in [6.07, 6.45) is 2.26. The molecule has 1 rings (SSSR count). The topological polar surface area (TPSA) is 59.3 Å². The molecule has 4 heteroatoms. The van der Waals surface area contributed by atoms with Crippen molar-refractivity contribution in [3.63, 3.8) is 0 Å². The van der Waals surface area contributed by atoms with Crippen molar-refractivity contribution in [2.75, 3.05) is 0 Å². The summed E-state index contributed by atoms with van der Waals surface area (Å²) >= 11 is 0. The highest BCUT2D eigenvalue weighted by molar-refractivity contribution is 5.87. The fourth-order valence-electron chi connectivity index (χ4n) is 1.23. The van der Waals surface area contributed by atoms with Crippen LogP contribution in [0.1, 0.15) is 30.6 Å². The van der Waals surface area contributed by atoms with E-state index in [0.717, 1.165) is 6.42 Å². The molecule has 4 nitrogen and oxygen atoms in total. The first-order valence-electron chi connectivity index (χ1n) is 4.94. The van der Waals surface area contributed by atoms with Gasteiger partial charge in [0.1, 0.15) is 0 Å². The maximum absolute atomic E-state index is 11.4. The second-order valence-corrected chi connectivity index (χ2v) is 3.94. The highest BCUT2D eigenvalue weighted by atomic mass is 16.4. The summed E-state index contributed by atoms with van der Waals surface area (Å²) in [5.41, 5.74) is -0.000920. The van der Waals surface area contributed by atoms with Crippen LogP contribution in [0.15, 0.2) is 23.1 Å². The van der Waals surface area contributed by atoms with Crippen LogP contribution in [-0.2, 0) is 6.54 Å². The lowest BCUT2D eigenvalue weighted by Crippen LogP contribution is -2.20. The van der Waals surface area contributed by atoms with E-state index in [4.69, 9.17) is 5.11 Å². The lowest BCUT2D eigenvalue weighted by Gasteiger charge is -2.08. The Bertz CT molecular complexity index is 407. The Labute approximate surface area is 88.2 Å². The molecule has 0 radical (unpaired) electrons. The number of hydrogen-bond acceptors (Lipinski definition) is 2. The Morgan fingerprint density at radius 3 is 2.67 bits per heavy atom. The monoisotopic (exact) mass is 209 g/mol. The normalized spacial score (nSPS) is 10.6. The molecule has 15 heavy (non-hydrogen) atoms. The van der Waals surface area contributed by atoms with Gasteiger partial charge in [-0.25, -0.2) is 4.79 Å². The first-order valence-corrected chi connectivity index (χ1v) is 4.94. The van der Waals surface area contributed by atoms with Gasteiger partial charge in [-0.05, 0) is 18.4 Å². The van der Waals surface area contributed by atoms with E-state index in [0.29, 0.717) is 12.5 Å². The molecule has 82 valence electrons. The van der Waals surface area contributed by atoms with Crippen LogP contribution in [0.3, 0.4) is 0 Å². The quantitative estimate of drug-likeness (QED) is 0.819. The van der Waals surface area contributed by atoms with Gasteiger partial charge < -0.3 is 9.67 Å². The summed E-state index contributed by atoms with van der Waals surface area (Å²) in [6.45, 7) is 4.69. The first-order chi connectivity index (χ1) is 7.00. The summed E-state index contributed by atoms with van der Waals surface area (Å²) in [7, 11) is 0. The Kier molecular flexibility index (Phi) is 3.66. The number of hydrogen-bond donors (Lipinski definition) is 1. The van der Waals surface area contributed by atoms with E-state index in [1.54, 1.807) is 0 Å². The summed E-state index contributed by atoms with van der Waals surface area (Å²) in [5, 5.41) is 8.76. The summed E-state index contributed by atoms with van der Waals surface area (Å²) in [4.78, 5) is 22.1. The fraction of sp³-hybridized carbons (Fsp3) is 0.455. The predicted octanol–water partition coefficient (Wildman–Crippen LogP) is 1.59. The summed E-state index contributed by atoms with van der Waals surface area (Å²) in [6, 6.07) is 2.63. The number of carboxylic acid groups (broad SMARTS) is 1. The minimum Gasteiger partial charge on any atom is -0.478 e. The van der Waals surface area contributed by atoms with Crippen LogP contribution in [0.25, 0.3) is 0 Å². The highest BCUT2D eigenvalue weighted by Crippen LogP contribution is 2.02.